The van der Waals surface area contributed by atoms with E-state index in [-0.39, 0.29) is 5.41 Å². The Labute approximate surface area is 68.2 Å². The molecule has 0 saturated heterocycles. The van der Waals surface area contributed by atoms with Gasteiger partial charge in [0.15, 0.2) is 0 Å². The van der Waals surface area contributed by atoms with Gasteiger partial charge in [-0.25, -0.2) is 0 Å². The molecule has 0 spiro atoms. The predicted octanol–water partition coefficient (Wildman–Crippen LogP) is 2.55. The summed E-state index contributed by atoms with van der Waals surface area (Å²) in [7, 11) is 0. The summed E-state index contributed by atoms with van der Waals surface area (Å²) in [4.78, 5) is 11.5. The third-order valence-corrected chi connectivity index (χ3v) is 3.15. The molecule has 0 aromatic heterocycles. The van der Waals surface area contributed by atoms with Crippen molar-refractivity contribution in [3.63, 3.8) is 0 Å². The molecule has 0 heterocycles. The van der Waals surface area contributed by atoms with Crippen LogP contribution in [0.2, 0.25) is 0 Å². The van der Waals surface area contributed by atoms with Crippen molar-refractivity contribution in [2.75, 3.05) is 0 Å². The maximum absolute atomic E-state index is 11.5. The van der Waals surface area contributed by atoms with E-state index >= 15 is 0 Å². The van der Waals surface area contributed by atoms with Gasteiger partial charge in [0, 0.05) is 11.8 Å². The van der Waals surface area contributed by atoms with E-state index in [1.165, 1.54) is 19.3 Å². The first-order chi connectivity index (χ1) is 5.21. The highest BCUT2D eigenvalue weighted by atomic mass is 16.1. The van der Waals surface area contributed by atoms with Crippen molar-refractivity contribution < 1.29 is 4.79 Å². The smallest absolute Gasteiger partial charge is 0.138 e. The van der Waals surface area contributed by atoms with Crippen LogP contribution in [0.3, 0.4) is 0 Å². The molecule has 0 bridgehead atoms. The Bertz CT molecular complexity index is 175. The van der Waals surface area contributed by atoms with Crippen LogP contribution in [0, 0.1) is 11.3 Å². The lowest BCUT2D eigenvalue weighted by molar-refractivity contribution is -0.123. The Balaban J connectivity index is 1.72. The third kappa shape index (κ3) is 1.63. The zero-order valence-corrected chi connectivity index (χ0v) is 7.23. The minimum atomic E-state index is 0.134. The summed E-state index contributed by atoms with van der Waals surface area (Å²) in [5.74, 6) is 1.45. The lowest BCUT2D eigenvalue weighted by Gasteiger charge is -2.05. The molecule has 0 radical (unpaired) electrons. The summed E-state index contributed by atoms with van der Waals surface area (Å²) in [5.41, 5.74) is 0.134. The van der Waals surface area contributed by atoms with Crippen molar-refractivity contribution in [2.45, 2.75) is 45.4 Å². The van der Waals surface area contributed by atoms with Crippen molar-refractivity contribution in [3.8, 4) is 0 Å². The number of rotatable bonds is 4. The van der Waals surface area contributed by atoms with Gasteiger partial charge in [-0.1, -0.05) is 19.8 Å². The van der Waals surface area contributed by atoms with Crippen LogP contribution >= 0.6 is 0 Å². The average Bonchev–Trinajstić information content (AvgIpc) is 2.79. The fourth-order valence-electron chi connectivity index (χ4n) is 1.51. The Morgan fingerprint density at radius 1 is 1.45 bits per heavy atom. The van der Waals surface area contributed by atoms with Crippen LogP contribution in [-0.2, 0) is 4.79 Å². The molecule has 0 aliphatic heterocycles. The van der Waals surface area contributed by atoms with Crippen LogP contribution in [-0.4, -0.2) is 5.78 Å². The van der Waals surface area contributed by atoms with Gasteiger partial charge in [-0.2, -0.15) is 0 Å². The first-order valence-electron chi connectivity index (χ1n) is 4.74. The summed E-state index contributed by atoms with van der Waals surface area (Å²) in [6.45, 7) is 2.11. The van der Waals surface area contributed by atoms with E-state index < -0.39 is 0 Å². The van der Waals surface area contributed by atoms with E-state index in [9.17, 15) is 4.79 Å². The second-order valence-corrected chi connectivity index (χ2v) is 4.47. The summed E-state index contributed by atoms with van der Waals surface area (Å²) < 4.78 is 0. The van der Waals surface area contributed by atoms with Crippen molar-refractivity contribution in [2.24, 2.45) is 11.3 Å². The fourth-order valence-corrected chi connectivity index (χ4v) is 1.51. The minimum Gasteiger partial charge on any atom is -0.299 e. The molecule has 2 aliphatic carbocycles. The topological polar surface area (TPSA) is 17.1 Å². The standard InChI is InChI=1S/C10H16O/c1-10(6-7-10)9(11)5-4-8-2-3-8/h8H,2-7H2,1H3. The maximum Gasteiger partial charge on any atom is 0.138 e. The molecule has 62 valence electrons. The molecule has 11 heavy (non-hydrogen) atoms. The first-order valence-corrected chi connectivity index (χ1v) is 4.74. The van der Waals surface area contributed by atoms with Gasteiger partial charge in [-0.15, -0.1) is 0 Å². The second kappa shape index (κ2) is 2.33. The molecule has 2 aliphatic rings. The highest BCUT2D eigenvalue weighted by Gasteiger charge is 2.44. The minimum absolute atomic E-state index is 0.134. The molecule has 0 unspecified atom stereocenters. The Morgan fingerprint density at radius 3 is 2.55 bits per heavy atom. The lowest BCUT2D eigenvalue weighted by atomic mass is 9.99. The molecule has 0 N–H and O–H groups in total. The summed E-state index contributed by atoms with van der Waals surface area (Å²) in [6, 6.07) is 0. The van der Waals surface area contributed by atoms with Gasteiger partial charge in [0.1, 0.15) is 5.78 Å². The van der Waals surface area contributed by atoms with Gasteiger partial charge in [-0.3, -0.25) is 4.79 Å². The average molecular weight is 152 g/mol. The maximum atomic E-state index is 11.5. The number of hydrogen-bond donors (Lipinski definition) is 0. The van der Waals surface area contributed by atoms with Crippen LogP contribution in [0.5, 0.6) is 0 Å². The molecule has 1 nitrogen and oxygen atoms in total. The zero-order valence-electron chi connectivity index (χ0n) is 7.23. The zero-order chi connectivity index (χ0) is 7.90. The van der Waals surface area contributed by atoms with Crippen LogP contribution in [0.25, 0.3) is 0 Å². The highest BCUT2D eigenvalue weighted by molar-refractivity contribution is 5.86. The van der Waals surface area contributed by atoms with Gasteiger partial charge in [0.05, 0.1) is 0 Å². The fraction of sp³-hybridized carbons (Fsp3) is 0.900. The molecule has 2 fully saturated rings. The van der Waals surface area contributed by atoms with E-state index in [0.29, 0.717) is 5.78 Å². The molecular weight excluding hydrogens is 136 g/mol. The van der Waals surface area contributed by atoms with Crippen molar-refractivity contribution >= 4 is 5.78 Å². The highest BCUT2D eigenvalue weighted by Crippen LogP contribution is 2.47. The molecular formula is C10H16O. The number of hydrogen-bond acceptors (Lipinski definition) is 1. The molecule has 0 amide bonds. The van der Waals surface area contributed by atoms with Gasteiger partial charge in [0.25, 0.3) is 0 Å². The third-order valence-electron chi connectivity index (χ3n) is 3.15. The second-order valence-electron chi connectivity index (χ2n) is 4.47. The number of Topliss-reactive ketones (excluding diaryl/α,β-unsaturated/α-hetero) is 1. The van der Waals surface area contributed by atoms with Crippen LogP contribution in [0.4, 0.5) is 0 Å². The van der Waals surface area contributed by atoms with E-state index in [4.69, 9.17) is 0 Å². The Kier molecular flexibility index (Phi) is 1.55. The molecule has 0 atom stereocenters. The van der Waals surface area contributed by atoms with Crippen molar-refractivity contribution in [1.82, 2.24) is 0 Å². The normalized spacial score (nSPS) is 26.6. The van der Waals surface area contributed by atoms with Gasteiger partial charge in [-0.05, 0) is 25.2 Å². The van der Waals surface area contributed by atoms with E-state index in [1.54, 1.807) is 0 Å². The molecule has 2 rings (SSSR count). The van der Waals surface area contributed by atoms with Crippen molar-refractivity contribution in [1.29, 1.82) is 0 Å². The SMILES string of the molecule is CC1(C(=O)CCC2CC2)CC1. The van der Waals surface area contributed by atoms with E-state index in [0.717, 1.165) is 25.2 Å². The van der Waals surface area contributed by atoms with Crippen LogP contribution in [0.15, 0.2) is 0 Å². The number of carbonyl (C=O) groups is 1. The lowest BCUT2D eigenvalue weighted by Crippen LogP contribution is -2.11. The molecule has 2 saturated carbocycles. The van der Waals surface area contributed by atoms with Gasteiger partial charge < -0.3 is 0 Å². The van der Waals surface area contributed by atoms with E-state index in [1.807, 2.05) is 0 Å². The molecule has 1 heteroatoms. The monoisotopic (exact) mass is 152 g/mol. The summed E-state index contributed by atoms with van der Waals surface area (Å²) in [5, 5.41) is 0. The predicted molar refractivity (Wildman–Crippen MR) is 44.3 cm³/mol. The number of carbonyl (C=O) groups excluding carboxylic acids is 1. The van der Waals surface area contributed by atoms with Crippen LogP contribution in [0.1, 0.15) is 45.4 Å². The van der Waals surface area contributed by atoms with Gasteiger partial charge >= 0.3 is 0 Å². The summed E-state index contributed by atoms with van der Waals surface area (Å²) >= 11 is 0. The van der Waals surface area contributed by atoms with E-state index in [2.05, 4.69) is 6.92 Å². The largest absolute Gasteiger partial charge is 0.299 e. The van der Waals surface area contributed by atoms with Crippen molar-refractivity contribution in [3.05, 3.63) is 0 Å². The first kappa shape index (κ1) is 7.33. The molecule has 0 aromatic rings. The molecule has 0 aromatic carbocycles. The number of ketones is 1. The Hall–Kier alpha value is -0.330. The quantitative estimate of drug-likeness (QED) is 0.605. The van der Waals surface area contributed by atoms with Crippen LogP contribution < -0.4 is 0 Å². The van der Waals surface area contributed by atoms with Gasteiger partial charge in [0.2, 0.25) is 0 Å². The Morgan fingerprint density at radius 2 is 2.09 bits per heavy atom. The summed E-state index contributed by atoms with van der Waals surface area (Å²) in [6.07, 6.45) is 7.09.